The van der Waals surface area contributed by atoms with Gasteiger partial charge in [0.25, 0.3) is 0 Å². The summed E-state index contributed by atoms with van der Waals surface area (Å²) in [6.45, 7) is 15.0. The number of ether oxygens (including phenoxy) is 2. The monoisotopic (exact) mass is 362 g/mol. The second kappa shape index (κ2) is 10.5. The molecule has 23 heavy (non-hydrogen) atoms. The summed E-state index contributed by atoms with van der Waals surface area (Å²) in [6.07, 6.45) is 2.20. The molecule has 0 aliphatic carbocycles. The summed E-state index contributed by atoms with van der Waals surface area (Å²) in [5.74, 6) is -0.970. The lowest BCUT2D eigenvalue weighted by Crippen LogP contribution is -2.49. The highest BCUT2D eigenvalue weighted by atomic mass is 28.5. The molecule has 0 N–H and O–H groups in total. The van der Waals surface area contributed by atoms with Crippen molar-refractivity contribution in [2.45, 2.75) is 26.2 Å². The molecule has 0 aromatic carbocycles. The summed E-state index contributed by atoms with van der Waals surface area (Å²) in [4.78, 5) is 21.8. The third-order valence-corrected chi connectivity index (χ3v) is 8.11. The maximum atomic E-state index is 10.9. The molecule has 0 radical (unpaired) electrons. The van der Waals surface area contributed by atoms with E-state index in [1.165, 1.54) is 0 Å². The van der Waals surface area contributed by atoms with E-state index in [1.807, 2.05) is 26.2 Å². The van der Waals surface area contributed by atoms with Gasteiger partial charge < -0.3 is 22.4 Å². The maximum Gasteiger partial charge on any atom is 0.330 e. The van der Waals surface area contributed by atoms with E-state index in [9.17, 15) is 9.59 Å². The Labute approximate surface area is 139 Å². The van der Waals surface area contributed by atoms with Gasteiger partial charge in [0, 0.05) is 12.2 Å². The van der Waals surface area contributed by atoms with E-state index in [2.05, 4.69) is 13.2 Å². The highest BCUT2D eigenvalue weighted by molar-refractivity contribution is 6.78. The molecule has 0 aliphatic heterocycles. The summed E-state index contributed by atoms with van der Waals surface area (Å²) in [7, 11) is -4.83. The average molecular weight is 363 g/mol. The fourth-order valence-electron chi connectivity index (χ4n) is 1.63. The zero-order valence-corrected chi connectivity index (χ0v) is 16.3. The van der Waals surface area contributed by atoms with Crippen molar-refractivity contribution in [2.75, 3.05) is 26.4 Å². The van der Waals surface area contributed by atoms with Crippen LogP contribution in [0.2, 0.25) is 26.2 Å². The van der Waals surface area contributed by atoms with Gasteiger partial charge in [-0.2, -0.15) is 0 Å². The maximum absolute atomic E-state index is 10.9. The summed E-state index contributed by atoms with van der Waals surface area (Å²) < 4.78 is 27.0. The summed E-state index contributed by atoms with van der Waals surface area (Å²) in [5, 5.41) is 0. The van der Waals surface area contributed by atoms with Crippen LogP contribution < -0.4 is 0 Å². The standard InChI is InChI=1S/C14H26O7Si2/c1-7-13(15)17-9-11-19-22(3,4)21-23(5,6)20-12-10-18-14(16)8-2/h7-8H,1-2,9-12H2,3-6H3. The van der Waals surface area contributed by atoms with Crippen LogP contribution in [-0.2, 0) is 32.0 Å². The van der Waals surface area contributed by atoms with Crippen LogP contribution in [-0.4, -0.2) is 55.5 Å². The fraction of sp³-hybridized carbons (Fsp3) is 0.571. The lowest BCUT2D eigenvalue weighted by atomic mass is 10.6. The van der Waals surface area contributed by atoms with Gasteiger partial charge in [0.15, 0.2) is 0 Å². The van der Waals surface area contributed by atoms with E-state index >= 15 is 0 Å². The van der Waals surface area contributed by atoms with Gasteiger partial charge in [0.05, 0.1) is 13.2 Å². The minimum absolute atomic E-state index is 0.144. The Bertz CT molecular complexity index is 383. The van der Waals surface area contributed by atoms with Gasteiger partial charge in [-0.15, -0.1) is 0 Å². The van der Waals surface area contributed by atoms with Crippen LogP contribution in [0.1, 0.15) is 0 Å². The number of esters is 2. The molecule has 9 heteroatoms. The molecule has 132 valence electrons. The number of carbonyl (C=O) groups excluding carboxylic acids is 2. The second-order valence-electron chi connectivity index (χ2n) is 5.34. The van der Waals surface area contributed by atoms with Gasteiger partial charge in [-0.1, -0.05) is 13.2 Å². The van der Waals surface area contributed by atoms with Gasteiger partial charge in [0.1, 0.15) is 13.2 Å². The van der Waals surface area contributed by atoms with Gasteiger partial charge in [-0.25, -0.2) is 9.59 Å². The SMILES string of the molecule is C=CC(=O)OCCO[Si](C)(C)O[Si](C)(C)OCCOC(=O)C=C. The van der Waals surface area contributed by atoms with E-state index in [-0.39, 0.29) is 26.4 Å². The van der Waals surface area contributed by atoms with Gasteiger partial charge in [-0.3, -0.25) is 0 Å². The number of rotatable bonds is 12. The number of hydrogen-bond acceptors (Lipinski definition) is 7. The van der Waals surface area contributed by atoms with Crippen LogP contribution in [0.4, 0.5) is 0 Å². The largest absolute Gasteiger partial charge is 0.460 e. The molecule has 0 amide bonds. The third-order valence-electron chi connectivity index (χ3n) is 2.38. The number of hydrogen-bond donors (Lipinski definition) is 0. The molecular weight excluding hydrogens is 336 g/mol. The van der Waals surface area contributed by atoms with Crippen molar-refractivity contribution in [3.63, 3.8) is 0 Å². The van der Waals surface area contributed by atoms with Crippen LogP contribution in [0.3, 0.4) is 0 Å². The van der Waals surface area contributed by atoms with Crippen LogP contribution in [0.5, 0.6) is 0 Å². The summed E-state index contributed by atoms with van der Waals surface area (Å²) >= 11 is 0. The van der Waals surface area contributed by atoms with E-state index in [0.717, 1.165) is 12.2 Å². The van der Waals surface area contributed by atoms with E-state index < -0.39 is 29.1 Å². The topological polar surface area (TPSA) is 80.3 Å². The van der Waals surface area contributed by atoms with Crippen molar-refractivity contribution in [1.29, 1.82) is 0 Å². The summed E-state index contributed by atoms with van der Waals surface area (Å²) in [5.41, 5.74) is 0. The normalized spacial score (nSPS) is 11.7. The van der Waals surface area contributed by atoms with Crippen LogP contribution >= 0.6 is 0 Å². The van der Waals surface area contributed by atoms with Crippen molar-refractivity contribution < 1.29 is 32.0 Å². The summed E-state index contributed by atoms with van der Waals surface area (Å²) in [6, 6.07) is 0. The Hall–Kier alpha value is -1.27. The first kappa shape index (κ1) is 21.7. The lowest BCUT2D eigenvalue weighted by Gasteiger charge is -2.32. The first-order chi connectivity index (χ1) is 10.6. The minimum atomic E-state index is -2.41. The molecule has 0 saturated heterocycles. The molecule has 0 unspecified atom stereocenters. The predicted molar refractivity (Wildman–Crippen MR) is 90.3 cm³/mol. The van der Waals surface area contributed by atoms with Gasteiger partial charge in [-0.05, 0) is 26.2 Å². The highest BCUT2D eigenvalue weighted by Crippen LogP contribution is 2.16. The highest BCUT2D eigenvalue weighted by Gasteiger charge is 2.36. The fourth-order valence-corrected chi connectivity index (χ4v) is 7.98. The quantitative estimate of drug-likeness (QED) is 0.227. The van der Waals surface area contributed by atoms with Gasteiger partial charge in [0.2, 0.25) is 0 Å². The first-order valence-corrected chi connectivity index (χ1v) is 12.8. The van der Waals surface area contributed by atoms with Crippen LogP contribution in [0.25, 0.3) is 0 Å². The van der Waals surface area contributed by atoms with Crippen molar-refractivity contribution in [3.8, 4) is 0 Å². The molecule has 0 spiro atoms. The molecule has 0 aliphatic rings. The Morgan fingerprint density at radius 1 is 0.783 bits per heavy atom. The van der Waals surface area contributed by atoms with Gasteiger partial charge >= 0.3 is 29.1 Å². The molecular formula is C14H26O7Si2. The molecule has 0 saturated carbocycles. The first-order valence-electron chi connectivity index (χ1n) is 7.18. The molecule has 0 bridgehead atoms. The zero-order valence-electron chi connectivity index (χ0n) is 14.3. The van der Waals surface area contributed by atoms with Crippen molar-refractivity contribution in [2.24, 2.45) is 0 Å². The smallest absolute Gasteiger partial charge is 0.330 e. The average Bonchev–Trinajstić information content (AvgIpc) is 2.46. The Kier molecular flexibility index (Phi) is 9.92. The molecule has 0 aromatic rings. The van der Waals surface area contributed by atoms with Crippen LogP contribution in [0.15, 0.2) is 25.3 Å². The zero-order chi connectivity index (χ0) is 17.9. The Morgan fingerprint density at radius 3 is 1.43 bits per heavy atom. The molecule has 0 heterocycles. The van der Waals surface area contributed by atoms with Crippen LogP contribution in [0, 0.1) is 0 Å². The molecule has 0 fully saturated rings. The van der Waals surface area contributed by atoms with E-state index in [1.54, 1.807) is 0 Å². The van der Waals surface area contributed by atoms with E-state index in [4.69, 9.17) is 22.4 Å². The molecule has 0 atom stereocenters. The lowest BCUT2D eigenvalue weighted by molar-refractivity contribution is -0.139. The van der Waals surface area contributed by atoms with Crippen molar-refractivity contribution >= 4 is 29.1 Å². The molecule has 0 aromatic heterocycles. The Balaban J connectivity index is 4.08. The second-order valence-corrected chi connectivity index (χ2v) is 12.3. The third kappa shape index (κ3) is 11.9. The predicted octanol–water partition coefficient (Wildman–Crippen LogP) is 1.90. The number of carbonyl (C=O) groups is 2. The van der Waals surface area contributed by atoms with Crippen molar-refractivity contribution in [1.82, 2.24) is 0 Å². The van der Waals surface area contributed by atoms with E-state index in [0.29, 0.717) is 0 Å². The molecule has 0 rings (SSSR count). The minimum Gasteiger partial charge on any atom is -0.460 e. The van der Waals surface area contributed by atoms with Crippen molar-refractivity contribution in [3.05, 3.63) is 25.3 Å². The molecule has 7 nitrogen and oxygen atoms in total. The Morgan fingerprint density at radius 2 is 1.13 bits per heavy atom.